The fraction of sp³-hybridized carbons (Fsp3) is 0.636. The maximum Gasteiger partial charge on any atom is 0.319 e. The van der Waals surface area contributed by atoms with E-state index >= 15 is 0 Å². The van der Waals surface area contributed by atoms with Crippen LogP contribution in [0.3, 0.4) is 0 Å². The van der Waals surface area contributed by atoms with E-state index in [0.717, 1.165) is 43.7 Å². The second-order valence-electron chi connectivity index (χ2n) is 8.30. The number of amides is 3. The summed E-state index contributed by atoms with van der Waals surface area (Å²) < 4.78 is 0. The van der Waals surface area contributed by atoms with Gasteiger partial charge in [0.25, 0.3) is 0 Å². The number of hydrogen-bond donors (Lipinski definition) is 3. The molecule has 1 heterocycles. The summed E-state index contributed by atoms with van der Waals surface area (Å²) in [5.74, 6) is -0.0181. The van der Waals surface area contributed by atoms with Crippen LogP contribution in [0, 0.1) is 0 Å². The lowest BCUT2D eigenvalue weighted by Gasteiger charge is -2.42. The predicted molar refractivity (Wildman–Crippen MR) is 112 cm³/mol. The van der Waals surface area contributed by atoms with E-state index in [-0.39, 0.29) is 17.5 Å². The molecule has 1 saturated heterocycles. The minimum atomic E-state index is -0.127. The molecule has 0 radical (unpaired) electrons. The van der Waals surface area contributed by atoms with Crippen LogP contribution in [0.1, 0.15) is 56.9 Å². The van der Waals surface area contributed by atoms with Gasteiger partial charge in [0.1, 0.15) is 0 Å². The molecule has 0 spiro atoms. The fourth-order valence-electron chi connectivity index (χ4n) is 4.48. The van der Waals surface area contributed by atoms with Gasteiger partial charge in [-0.3, -0.25) is 4.79 Å². The average Bonchev–Trinajstić information content (AvgIpc) is 2.70. The first kappa shape index (κ1) is 20.6. The molecule has 0 aromatic heterocycles. The summed E-state index contributed by atoms with van der Waals surface area (Å²) in [7, 11) is 1.63. The molecule has 2 fully saturated rings. The van der Waals surface area contributed by atoms with Gasteiger partial charge >= 0.3 is 6.03 Å². The quantitative estimate of drug-likeness (QED) is 0.702. The highest BCUT2D eigenvalue weighted by Crippen LogP contribution is 2.30. The van der Waals surface area contributed by atoms with Crippen LogP contribution in [-0.2, 0) is 11.2 Å². The first-order valence-electron chi connectivity index (χ1n) is 10.7. The number of likely N-dealkylation sites (N-methyl/N-ethyl adjacent to an activating group) is 1. The molecule has 2 aliphatic rings. The van der Waals surface area contributed by atoms with Crippen LogP contribution in [-0.4, -0.2) is 49.1 Å². The van der Waals surface area contributed by atoms with E-state index in [1.807, 2.05) is 24.3 Å². The molecule has 6 heteroatoms. The van der Waals surface area contributed by atoms with Gasteiger partial charge in [-0.1, -0.05) is 37.8 Å². The molecule has 1 aliphatic heterocycles. The molecule has 1 saturated carbocycles. The van der Waals surface area contributed by atoms with Gasteiger partial charge < -0.3 is 20.9 Å². The summed E-state index contributed by atoms with van der Waals surface area (Å²) in [6.07, 6.45) is 9.96. The van der Waals surface area contributed by atoms with Gasteiger partial charge in [-0.25, -0.2) is 4.79 Å². The molecule has 28 heavy (non-hydrogen) atoms. The van der Waals surface area contributed by atoms with E-state index in [1.165, 1.54) is 38.5 Å². The van der Waals surface area contributed by atoms with Gasteiger partial charge in [0, 0.05) is 19.3 Å². The molecule has 154 valence electrons. The number of anilines is 1. The Morgan fingerprint density at radius 2 is 1.61 bits per heavy atom. The molecule has 0 atom stereocenters. The second kappa shape index (κ2) is 9.92. The molecule has 0 bridgehead atoms. The van der Waals surface area contributed by atoms with Gasteiger partial charge in [-0.2, -0.15) is 0 Å². The van der Waals surface area contributed by atoms with Crippen molar-refractivity contribution in [3.8, 4) is 0 Å². The molecule has 3 N–H and O–H groups in total. The summed E-state index contributed by atoms with van der Waals surface area (Å²) in [6.45, 7) is 3.27. The van der Waals surface area contributed by atoms with Crippen molar-refractivity contribution in [3.05, 3.63) is 29.8 Å². The number of benzene rings is 1. The summed E-state index contributed by atoms with van der Waals surface area (Å²) in [5.41, 5.74) is 1.57. The fourth-order valence-corrected chi connectivity index (χ4v) is 4.48. The minimum Gasteiger partial charge on any atom is -0.359 e. The Morgan fingerprint density at radius 1 is 0.964 bits per heavy atom. The maximum atomic E-state index is 12.7. The molecule has 1 aromatic carbocycles. The number of rotatable bonds is 6. The van der Waals surface area contributed by atoms with Gasteiger partial charge in [0.2, 0.25) is 5.91 Å². The van der Waals surface area contributed by atoms with Crippen molar-refractivity contribution in [2.45, 2.75) is 63.3 Å². The van der Waals surface area contributed by atoms with Crippen LogP contribution in [0.4, 0.5) is 10.5 Å². The van der Waals surface area contributed by atoms with Crippen LogP contribution < -0.4 is 16.0 Å². The molecule has 1 aromatic rings. The predicted octanol–water partition coefficient (Wildman–Crippen LogP) is 3.29. The lowest BCUT2D eigenvalue weighted by atomic mass is 9.81. The zero-order chi connectivity index (χ0) is 19.8. The monoisotopic (exact) mass is 386 g/mol. The Kier molecular flexibility index (Phi) is 7.31. The second-order valence-corrected chi connectivity index (χ2v) is 8.30. The molecule has 6 nitrogen and oxygen atoms in total. The molecule has 3 rings (SSSR count). The molecular weight excluding hydrogens is 352 g/mol. The Balaban J connectivity index is 1.57. The first-order valence-corrected chi connectivity index (χ1v) is 10.7. The summed E-state index contributed by atoms with van der Waals surface area (Å²) in [5, 5.41) is 8.93. The number of piperidine rings is 1. The highest BCUT2D eigenvalue weighted by Gasteiger charge is 2.35. The number of likely N-dealkylation sites (tertiary alicyclic amines) is 1. The SMILES string of the molecule is CNC(=O)Cc1ccc(NC(=O)NC2(CN3CCCCC3)CCCCC2)cc1. The van der Waals surface area contributed by atoms with Crippen molar-refractivity contribution < 1.29 is 9.59 Å². The standard InChI is InChI=1S/C22H34N4O2/c1-23-20(27)16-18-8-10-19(11-9-18)24-21(28)25-22(12-4-2-5-13-22)17-26-14-6-3-7-15-26/h8-11H,2-7,12-17H2,1H3,(H,23,27)(H2,24,25,28). The number of carbonyl (C=O) groups is 2. The van der Waals surface area contributed by atoms with Gasteiger partial charge in [0.15, 0.2) is 0 Å². The van der Waals surface area contributed by atoms with Crippen molar-refractivity contribution in [1.29, 1.82) is 0 Å². The van der Waals surface area contributed by atoms with Crippen molar-refractivity contribution in [2.75, 3.05) is 32.0 Å². The third kappa shape index (κ3) is 5.96. The van der Waals surface area contributed by atoms with E-state index in [0.29, 0.717) is 6.42 Å². The number of nitrogens with zero attached hydrogens (tertiary/aromatic N) is 1. The van der Waals surface area contributed by atoms with Gasteiger partial charge in [-0.15, -0.1) is 0 Å². The Morgan fingerprint density at radius 3 is 2.25 bits per heavy atom. The Hall–Kier alpha value is -2.08. The van der Waals surface area contributed by atoms with Gasteiger partial charge in [-0.05, 0) is 56.5 Å². The van der Waals surface area contributed by atoms with E-state index in [4.69, 9.17) is 0 Å². The third-order valence-corrected chi connectivity index (χ3v) is 6.02. The number of urea groups is 1. The minimum absolute atomic E-state index is 0.0181. The highest BCUT2D eigenvalue weighted by atomic mass is 16.2. The average molecular weight is 387 g/mol. The summed E-state index contributed by atoms with van der Waals surface area (Å²) >= 11 is 0. The zero-order valence-electron chi connectivity index (χ0n) is 17.1. The molecule has 0 unspecified atom stereocenters. The molecular formula is C22H34N4O2. The van der Waals surface area contributed by atoms with Crippen LogP contribution >= 0.6 is 0 Å². The topological polar surface area (TPSA) is 73.5 Å². The lowest BCUT2D eigenvalue weighted by Crippen LogP contribution is -2.58. The van der Waals surface area contributed by atoms with Crippen LogP contribution in [0.5, 0.6) is 0 Å². The van der Waals surface area contributed by atoms with Crippen LogP contribution in [0.15, 0.2) is 24.3 Å². The van der Waals surface area contributed by atoms with Crippen molar-refractivity contribution in [1.82, 2.24) is 15.5 Å². The van der Waals surface area contributed by atoms with E-state index < -0.39 is 0 Å². The Bertz CT molecular complexity index is 647. The first-order chi connectivity index (χ1) is 13.6. The van der Waals surface area contributed by atoms with E-state index in [1.54, 1.807) is 7.05 Å². The third-order valence-electron chi connectivity index (χ3n) is 6.02. The zero-order valence-corrected chi connectivity index (χ0v) is 17.1. The summed E-state index contributed by atoms with van der Waals surface area (Å²) in [4.78, 5) is 26.7. The maximum absolute atomic E-state index is 12.7. The van der Waals surface area contributed by atoms with Crippen molar-refractivity contribution in [2.24, 2.45) is 0 Å². The molecule has 3 amide bonds. The van der Waals surface area contributed by atoms with Crippen LogP contribution in [0.2, 0.25) is 0 Å². The van der Waals surface area contributed by atoms with Crippen molar-refractivity contribution in [3.63, 3.8) is 0 Å². The number of nitrogens with one attached hydrogen (secondary N) is 3. The van der Waals surface area contributed by atoms with Crippen molar-refractivity contribution >= 4 is 17.6 Å². The number of hydrogen-bond acceptors (Lipinski definition) is 3. The normalized spacial score (nSPS) is 19.6. The molecule has 1 aliphatic carbocycles. The summed E-state index contributed by atoms with van der Waals surface area (Å²) in [6, 6.07) is 7.36. The number of carbonyl (C=O) groups excluding carboxylic acids is 2. The van der Waals surface area contributed by atoms with Gasteiger partial charge in [0.05, 0.1) is 12.0 Å². The van der Waals surface area contributed by atoms with E-state index in [2.05, 4.69) is 20.9 Å². The Labute approximate surface area is 168 Å². The lowest BCUT2D eigenvalue weighted by molar-refractivity contribution is -0.119. The van der Waals surface area contributed by atoms with Crippen LogP contribution in [0.25, 0.3) is 0 Å². The van der Waals surface area contributed by atoms with E-state index in [9.17, 15) is 9.59 Å². The highest BCUT2D eigenvalue weighted by molar-refractivity contribution is 5.90. The smallest absolute Gasteiger partial charge is 0.319 e. The largest absolute Gasteiger partial charge is 0.359 e.